The topological polar surface area (TPSA) is 32.3 Å². The van der Waals surface area contributed by atoms with Crippen LogP contribution < -0.4 is 5.32 Å². The summed E-state index contributed by atoms with van der Waals surface area (Å²) in [6, 6.07) is 4.39. The molecule has 0 aliphatic heterocycles. The Morgan fingerprint density at radius 2 is 1.68 bits per heavy atom. The van der Waals surface area contributed by atoms with E-state index in [1.807, 2.05) is 4.90 Å². The number of carbonyl (C=O) groups is 1. The summed E-state index contributed by atoms with van der Waals surface area (Å²) >= 11 is 0. The van der Waals surface area contributed by atoms with Crippen LogP contribution in [0.4, 0.5) is 0 Å². The monoisotopic (exact) mass is 300 g/mol. The van der Waals surface area contributed by atoms with Crippen LogP contribution in [0.1, 0.15) is 22.3 Å². The molecule has 0 saturated heterocycles. The number of hydrogen-bond donors (Lipinski definition) is 1. The molecule has 0 aliphatic rings. The molecule has 0 fully saturated rings. The van der Waals surface area contributed by atoms with Gasteiger partial charge < -0.3 is 5.32 Å². The molecule has 0 unspecified atom stereocenters. The Labute approximate surface area is 134 Å². The van der Waals surface area contributed by atoms with Gasteiger partial charge in [-0.2, -0.15) is 0 Å². The van der Waals surface area contributed by atoms with E-state index in [4.69, 9.17) is 0 Å². The summed E-state index contributed by atoms with van der Waals surface area (Å²) in [5, 5.41) is 3.00. The molecule has 120 valence electrons. The van der Waals surface area contributed by atoms with Crippen molar-refractivity contribution in [1.29, 1.82) is 0 Å². The van der Waals surface area contributed by atoms with Crippen molar-refractivity contribution in [3.63, 3.8) is 0 Å². The van der Waals surface area contributed by atoms with Gasteiger partial charge in [0, 0.05) is 19.6 Å². The molecule has 0 heterocycles. The largest absolute Gasteiger partial charge is 0.355 e. The van der Waals surface area contributed by atoms with E-state index >= 15 is 0 Å². The van der Waals surface area contributed by atoms with Gasteiger partial charge in [0.25, 0.3) is 0 Å². The van der Waals surface area contributed by atoms with Gasteiger partial charge >= 0.3 is 0 Å². The fourth-order valence-electron chi connectivity index (χ4n) is 2.76. The summed E-state index contributed by atoms with van der Waals surface area (Å²) in [6.45, 7) is 16.2. The fourth-order valence-corrected chi connectivity index (χ4v) is 2.76. The minimum absolute atomic E-state index is 0.0473. The van der Waals surface area contributed by atoms with Gasteiger partial charge in [-0.1, -0.05) is 29.8 Å². The Morgan fingerprint density at radius 1 is 1.14 bits per heavy atom. The number of nitrogens with zero attached hydrogens (tertiary/aromatic N) is 1. The molecule has 0 spiro atoms. The lowest BCUT2D eigenvalue weighted by molar-refractivity contribution is -0.121. The van der Waals surface area contributed by atoms with Crippen molar-refractivity contribution in [3.05, 3.63) is 59.7 Å². The molecule has 0 saturated carbocycles. The van der Waals surface area contributed by atoms with Crippen LogP contribution in [0.2, 0.25) is 0 Å². The summed E-state index contributed by atoms with van der Waals surface area (Å²) in [6.07, 6.45) is 4.47. The smallest absolute Gasteiger partial charge is 0.234 e. The van der Waals surface area contributed by atoms with Gasteiger partial charge in [-0.15, -0.1) is 13.2 Å². The van der Waals surface area contributed by atoms with Gasteiger partial charge in [-0.05, 0) is 43.9 Å². The lowest BCUT2D eigenvalue weighted by Gasteiger charge is -2.18. The average Bonchev–Trinajstić information content (AvgIpc) is 2.42. The number of amides is 1. The van der Waals surface area contributed by atoms with Crippen molar-refractivity contribution in [1.82, 2.24) is 10.2 Å². The van der Waals surface area contributed by atoms with Crippen LogP contribution in [0, 0.1) is 20.8 Å². The number of nitrogens with one attached hydrogen (secondary N) is 1. The van der Waals surface area contributed by atoms with Crippen LogP contribution >= 0.6 is 0 Å². The molecule has 22 heavy (non-hydrogen) atoms. The first-order chi connectivity index (χ1) is 10.5. The van der Waals surface area contributed by atoms with E-state index in [2.05, 4.69) is 51.4 Å². The van der Waals surface area contributed by atoms with Crippen LogP contribution in [0.5, 0.6) is 0 Å². The Morgan fingerprint density at radius 3 is 2.18 bits per heavy atom. The van der Waals surface area contributed by atoms with Crippen molar-refractivity contribution in [2.45, 2.75) is 27.2 Å². The molecular formula is C19H28N2O. The van der Waals surface area contributed by atoms with Crippen LogP contribution in [-0.4, -0.2) is 37.0 Å². The second-order valence-electron chi connectivity index (χ2n) is 5.75. The van der Waals surface area contributed by atoms with Crippen LogP contribution in [-0.2, 0) is 11.2 Å². The Kier molecular flexibility index (Phi) is 7.61. The van der Waals surface area contributed by atoms with E-state index in [1.54, 1.807) is 12.2 Å². The molecule has 1 aromatic carbocycles. The standard InChI is InChI=1S/C19H28N2O/c1-6-10-21(11-7-2)14-19(22)20-9-8-18-16(4)12-15(3)13-17(18)5/h6-7,12-13H,1-2,8-11,14H2,3-5H3,(H,20,22). The molecule has 1 amide bonds. The Bertz CT molecular complexity index is 501. The summed E-state index contributed by atoms with van der Waals surface area (Å²) in [4.78, 5) is 14.0. The number of carbonyl (C=O) groups excluding carboxylic acids is 1. The average molecular weight is 300 g/mol. The highest BCUT2D eigenvalue weighted by Crippen LogP contribution is 2.16. The van der Waals surface area contributed by atoms with E-state index in [0.29, 0.717) is 26.2 Å². The molecule has 0 bridgehead atoms. The number of rotatable bonds is 9. The zero-order valence-electron chi connectivity index (χ0n) is 14.1. The molecule has 1 rings (SSSR count). The lowest BCUT2D eigenvalue weighted by atomic mass is 9.97. The molecule has 3 heteroatoms. The molecule has 1 aromatic rings. The zero-order chi connectivity index (χ0) is 16.5. The fraction of sp³-hybridized carbons (Fsp3) is 0.421. The van der Waals surface area contributed by atoms with Gasteiger partial charge in [0.05, 0.1) is 6.54 Å². The maximum atomic E-state index is 12.0. The molecule has 0 aromatic heterocycles. The van der Waals surface area contributed by atoms with Crippen molar-refractivity contribution in [2.24, 2.45) is 0 Å². The number of benzene rings is 1. The molecule has 0 radical (unpaired) electrons. The Balaban J connectivity index is 2.48. The number of hydrogen-bond acceptors (Lipinski definition) is 2. The zero-order valence-corrected chi connectivity index (χ0v) is 14.1. The van der Waals surface area contributed by atoms with Gasteiger partial charge in [-0.25, -0.2) is 0 Å². The van der Waals surface area contributed by atoms with Gasteiger partial charge in [0.15, 0.2) is 0 Å². The minimum atomic E-state index is 0.0473. The summed E-state index contributed by atoms with van der Waals surface area (Å²) in [7, 11) is 0. The van der Waals surface area contributed by atoms with E-state index < -0.39 is 0 Å². The van der Waals surface area contributed by atoms with E-state index in [9.17, 15) is 4.79 Å². The third kappa shape index (κ3) is 5.86. The maximum Gasteiger partial charge on any atom is 0.234 e. The van der Waals surface area contributed by atoms with E-state index in [0.717, 1.165) is 6.42 Å². The first-order valence-corrected chi connectivity index (χ1v) is 7.75. The predicted octanol–water partition coefficient (Wildman–Crippen LogP) is 2.94. The highest BCUT2D eigenvalue weighted by Gasteiger charge is 2.09. The molecule has 0 aliphatic carbocycles. The lowest BCUT2D eigenvalue weighted by Crippen LogP contribution is -2.38. The molecular weight excluding hydrogens is 272 g/mol. The normalized spacial score (nSPS) is 10.5. The third-order valence-corrected chi connectivity index (χ3v) is 3.68. The van der Waals surface area contributed by atoms with E-state index in [1.165, 1.54) is 22.3 Å². The minimum Gasteiger partial charge on any atom is -0.355 e. The quantitative estimate of drug-likeness (QED) is 0.711. The van der Waals surface area contributed by atoms with Crippen LogP contribution in [0.3, 0.4) is 0 Å². The van der Waals surface area contributed by atoms with Gasteiger partial charge in [0.1, 0.15) is 0 Å². The van der Waals surface area contributed by atoms with Crippen molar-refractivity contribution >= 4 is 5.91 Å². The maximum absolute atomic E-state index is 12.0. The summed E-state index contributed by atoms with van der Waals surface area (Å²) in [5.41, 5.74) is 5.21. The van der Waals surface area contributed by atoms with Crippen LogP contribution in [0.15, 0.2) is 37.4 Å². The van der Waals surface area contributed by atoms with Crippen molar-refractivity contribution < 1.29 is 4.79 Å². The number of aryl methyl sites for hydroxylation is 3. The predicted molar refractivity (Wildman–Crippen MR) is 94.2 cm³/mol. The van der Waals surface area contributed by atoms with Gasteiger partial charge in [-0.3, -0.25) is 9.69 Å². The second kappa shape index (κ2) is 9.21. The first-order valence-electron chi connectivity index (χ1n) is 7.75. The van der Waals surface area contributed by atoms with Crippen LogP contribution in [0.25, 0.3) is 0 Å². The third-order valence-electron chi connectivity index (χ3n) is 3.68. The van der Waals surface area contributed by atoms with Crippen molar-refractivity contribution in [3.8, 4) is 0 Å². The highest BCUT2D eigenvalue weighted by molar-refractivity contribution is 5.78. The summed E-state index contributed by atoms with van der Waals surface area (Å²) < 4.78 is 0. The molecule has 0 atom stereocenters. The van der Waals surface area contributed by atoms with E-state index in [-0.39, 0.29) is 5.91 Å². The molecule has 1 N–H and O–H groups in total. The first kappa shape index (κ1) is 18.2. The second-order valence-corrected chi connectivity index (χ2v) is 5.75. The highest BCUT2D eigenvalue weighted by atomic mass is 16.2. The SMILES string of the molecule is C=CCN(CC=C)CC(=O)NCCc1c(C)cc(C)cc1C. The van der Waals surface area contributed by atoms with Crippen molar-refractivity contribution in [2.75, 3.05) is 26.2 Å². The van der Waals surface area contributed by atoms with Gasteiger partial charge in [0.2, 0.25) is 5.91 Å². The molecule has 3 nitrogen and oxygen atoms in total. The summed E-state index contributed by atoms with van der Waals surface area (Å²) in [5.74, 6) is 0.0473. The Hall–Kier alpha value is -1.87.